The predicted octanol–water partition coefficient (Wildman–Crippen LogP) is 5.50. The van der Waals surface area contributed by atoms with Gasteiger partial charge in [0.15, 0.2) is 5.16 Å². The normalized spacial score (nSPS) is 11.2. The molecule has 0 fully saturated rings. The van der Waals surface area contributed by atoms with E-state index in [0.717, 1.165) is 16.7 Å². The predicted molar refractivity (Wildman–Crippen MR) is 112 cm³/mol. The lowest BCUT2D eigenvalue weighted by Gasteiger charge is -2.11. The molecule has 2 aromatic carbocycles. The third-order valence-electron chi connectivity index (χ3n) is 4.52. The number of benzene rings is 2. The molecule has 0 aliphatic rings. The van der Waals surface area contributed by atoms with Crippen molar-refractivity contribution >= 4 is 34.4 Å². The summed E-state index contributed by atoms with van der Waals surface area (Å²) in [5, 5.41) is 0.975. The smallest absolute Gasteiger partial charge is 0.278 e. The molecule has 4 nitrogen and oxygen atoms in total. The minimum absolute atomic E-state index is 0.109. The van der Waals surface area contributed by atoms with Crippen LogP contribution in [0.5, 0.6) is 0 Å². The van der Waals surface area contributed by atoms with Crippen LogP contribution in [0.15, 0.2) is 64.7 Å². The molecular weight excluding hydrogens is 397 g/mol. The minimum Gasteiger partial charge on any atom is -0.355 e. The summed E-state index contributed by atoms with van der Waals surface area (Å²) in [6.45, 7) is 2.41. The molecule has 0 aliphatic heterocycles. The zero-order valence-electron chi connectivity index (χ0n) is 15.1. The number of nitrogens with one attached hydrogen (secondary N) is 1. The van der Waals surface area contributed by atoms with Crippen LogP contribution in [0.3, 0.4) is 0 Å². The lowest BCUT2D eigenvalue weighted by atomic mass is 10.1. The van der Waals surface area contributed by atoms with Gasteiger partial charge in [-0.05, 0) is 30.2 Å². The maximum absolute atomic E-state index is 13.3. The van der Waals surface area contributed by atoms with Gasteiger partial charge in [-0.1, -0.05) is 59.8 Å². The third kappa shape index (κ3) is 3.45. The molecule has 0 bridgehead atoms. The first-order chi connectivity index (χ1) is 13.6. The summed E-state index contributed by atoms with van der Waals surface area (Å²) < 4.78 is 14.9. The van der Waals surface area contributed by atoms with Gasteiger partial charge in [0, 0.05) is 29.1 Å². The number of hydrogen-bond acceptors (Lipinski definition) is 3. The van der Waals surface area contributed by atoms with Crippen molar-refractivity contribution in [1.82, 2.24) is 14.5 Å². The van der Waals surface area contributed by atoms with Gasteiger partial charge in [0.05, 0.1) is 0 Å². The number of hydrogen-bond donors (Lipinski definition) is 1. The van der Waals surface area contributed by atoms with Crippen molar-refractivity contribution in [1.29, 1.82) is 0 Å². The van der Waals surface area contributed by atoms with Gasteiger partial charge in [-0.3, -0.25) is 9.36 Å². The number of aromatic amines is 1. The van der Waals surface area contributed by atoms with Gasteiger partial charge in [-0.15, -0.1) is 0 Å². The Bertz CT molecular complexity index is 1200. The first-order valence-corrected chi connectivity index (χ1v) is 10.2. The summed E-state index contributed by atoms with van der Waals surface area (Å²) >= 11 is 7.55. The molecule has 2 aromatic heterocycles. The van der Waals surface area contributed by atoms with E-state index in [9.17, 15) is 9.18 Å². The van der Waals surface area contributed by atoms with Crippen LogP contribution in [0.1, 0.15) is 12.5 Å². The molecule has 0 saturated carbocycles. The van der Waals surface area contributed by atoms with Crippen molar-refractivity contribution in [3.05, 3.63) is 81.5 Å². The van der Waals surface area contributed by atoms with Gasteiger partial charge in [0.2, 0.25) is 0 Å². The first kappa shape index (κ1) is 18.8. The SMILES string of the molecule is CCn1c(SCc2ccc(F)cc2Cl)nc2c(-c3ccccc3)c[nH]c2c1=O. The van der Waals surface area contributed by atoms with Crippen molar-refractivity contribution in [2.24, 2.45) is 0 Å². The quantitative estimate of drug-likeness (QED) is 0.347. The fourth-order valence-corrected chi connectivity index (χ4v) is 4.45. The molecule has 2 heterocycles. The molecule has 142 valence electrons. The molecule has 0 radical (unpaired) electrons. The van der Waals surface area contributed by atoms with Gasteiger partial charge in [-0.2, -0.15) is 0 Å². The summed E-state index contributed by atoms with van der Waals surface area (Å²) in [5.41, 5.74) is 3.70. The Morgan fingerprint density at radius 1 is 1.21 bits per heavy atom. The maximum atomic E-state index is 13.3. The van der Waals surface area contributed by atoms with Gasteiger partial charge in [0.25, 0.3) is 5.56 Å². The van der Waals surface area contributed by atoms with E-state index in [-0.39, 0.29) is 11.4 Å². The third-order valence-corrected chi connectivity index (χ3v) is 5.90. The highest BCUT2D eigenvalue weighted by Crippen LogP contribution is 2.30. The Kier molecular flexibility index (Phi) is 5.24. The molecule has 0 unspecified atom stereocenters. The average molecular weight is 414 g/mol. The highest BCUT2D eigenvalue weighted by atomic mass is 35.5. The molecule has 4 rings (SSSR count). The number of H-pyrrole nitrogens is 1. The van der Waals surface area contributed by atoms with E-state index in [1.807, 2.05) is 43.5 Å². The molecule has 0 spiro atoms. The summed E-state index contributed by atoms with van der Waals surface area (Å²) in [6, 6.07) is 14.2. The average Bonchev–Trinajstić information content (AvgIpc) is 3.12. The number of rotatable bonds is 5. The van der Waals surface area contributed by atoms with Crippen molar-refractivity contribution in [3.8, 4) is 11.1 Å². The first-order valence-electron chi connectivity index (χ1n) is 8.82. The van der Waals surface area contributed by atoms with Crippen LogP contribution < -0.4 is 5.56 Å². The van der Waals surface area contributed by atoms with E-state index in [0.29, 0.717) is 33.5 Å². The molecule has 7 heteroatoms. The molecule has 28 heavy (non-hydrogen) atoms. The van der Waals surface area contributed by atoms with Crippen LogP contribution in [0, 0.1) is 5.82 Å². The lowest BCUT2D eigenvalue weighted by molar-refractivity contribution is 0.627. The monoisotopic (exact) mass is 413 g/mol. The Morgan fingerprint density at radius 2 is 2.00 bits per heavy atom. The van der Waals surface area contributed by atoms with E-state index < -0.39 is 0 Å². The zero-order valence-corrected chi connectivity index (χ0v) is 16.6. The fourth-order valence-electron chi connectivity index (χ4n) is 3.08. The van der Waals surface area contributed by atoms with Gasteiger partial charge < -0.3 is 4.98 Å². The summed E-state index contributed by atoms with van der Waals surface area (Å²) in [4.78, 5) is 20.8. The Morgan fingerprint density at radius 3 is 2.71 bits per heavy atom. The molecule has 0 saturated heterocycles. The summed E-state index contributed by atoms with van der Waals surface area (Å²) in [5.74, 6) is 0.117. The second kappa shape index (κ2) is 7.81. The Labute approximate surface area is 170 Å². The van der Waals surface area contributed by atoms with Crippen LogP contribution in [-0.2, 0) is 12.3 Å². The second-order valence-electron chi connectivity index (χ2n) is 6.26. The number of nitrogens with zero attached hydrogens (tertiary/aromatic N) is 2. The molecule has 0 atom stereocenters. The van der Waals surface area contributed by atoms with Crippen LogP contribution in [0.2, 0.25) is 5.02 Å². The molecule has 0 amide bonds. The largest absolute Gasteiger partial charge is 0.355 e. The number of aromatic nitrogens is 3. The highest BCUT2D eigenvalue weighted by molar-refractivity contribution is 7.98. The van der Waals surface area contributed by atoms with Gasteiger partial charge >= 0.3 is 0 Å². The molecule has 4 aromatic rings. The van der Waals surface area contributed by atoms with E-state index in [2.05, 4.69) is 4.98 Å². The topological polar surface area (TPSA) is 50.7 Å². The number of thioether (sulfide) groups is 1. The Hall–Kier alpha value is -2.57. The maximum Gasteiger partial charge on any atom is 0.278 e. The lowest BCUT2D eigenvalue weighted by Crippen LogP contribution is -2.22. The van der Waals surface area contributed by atoms with Crippen molar-refractivity contribution in [2.75, 3.05) is 0 Å². The van der Waals surface area contributed by atoms with Crippen molar-refractivity contribution < 1.29 is 4.39 Å². The number of fused-ring (bicyclic) bond motifs is 1. The van der Waals surface area contributed by atoms with Crippen LogP contribution in [0.25, 0.3) is 22.2 Å². The fraction of sp³-hybridized carbons (Fsp3) is 0.143. The van der Waals surface area contributed by atoms with Crippen LogP contribution in [-0.4, -0.2) is 14.5 Å². The van der Waals surface area contributed by atoms with Gasteiger partial charge in [-0.25, -0.2) is 9.37 Å². The van der Waals surface area contributed by atoms with Gasteiger partial charge in [0.1, 0.15) is 16.9 Å². The number of halogens is 2. The zero-order chi connectivity index (χ0) is 19.7. The van der Waals surface area contributed by atoms with E-state index in [1.165, 1.54) is 23.9 Å². The molecule has 0 aliphatic carbocycles. The van der Waals surface area contributed by atoms with E-state index in [4.69, 9.17) is 16.6 Å². The summed E-state index contributed by atoms with van der Waals surface area (Å²) in [7, 11) is 0. The van der Waals surface area contributed by atoms with E-state index in [1.54, 1.807) is 10.6 Å². The van der Waals surface area contributed by atoms with Crippen LogP contribution in [0.4, 0.5) is 4.39 Å². The second-order valence-corrected chi connectivity index (χ2v) is 7.61. The van der Waals surface area contributed by atoms with Crippen molar-refractivity contribution in [2.45, 2.75) is 24.4 Å². The van der Waals surface area contributed by atoms with Crippen LogP contribution >= 0.6 is 23.4 Å². The Balaban J connectivity index is 1.77. The minimum atomic E-state index is -0.372. The molecular formula is C21H17ClFN3OS. The van der Waals surface area contributed by atoms with Crippen molar-refractivity contribution in [3.63, 3.8) is 0 Å². The molecule has 1 N–H and O–H groups in total. The van der Waals surface area contributed by atoms with E-state index >= 15 is 0 Å². The standard InChI is InChI=1S/C21H17ClFN3OS/c1-2-26-20(27)19-18(16(11-24-19)13-6-4-3-5-7-13)25-21(26)28-12-14-8-9-15(23)10-17(14)22/h3-11,24H,2,12H2,1H3. The summed E-state index contributed by atoms with van der Waals surface area (Å²) in [6.07, 6.45) is 1.82. The highest BCUT2D eigenvalue weighted by Gasteiger charge is 2.16.